The quantitative estimate of drug-likeness (QED) is 0.709. The highest BCUT2D eigenvalue weighted by atomic mass is 19.4. The van der Waals surface area contributed by atoms with E-state index in [9.17, 15) is 22.4 Å². The van der Waals surface area contributed by atoms with Crippen LogP contribution in [0.4, 0.5) is 17.6 Å². The Bertz CT molecular complexity index is 932. The Morgan fingerprint density at radius 2 is 1.81 bits per heavy atom. The number of para-hydroxylation sites is 2. The molecule has 1 amide bonds. The van der Waals surface area contributed by atoms with E-state index in [1.165, 1.54) is 36.4 Å². The number of hydrogen-bond donors (Lipinski definition) is 1. The van der Waals surface area contributed by atoms with Crippen LogP contribution in [-0.4, -0.2) is 15.5 Å². The molecule has 0 fully saturated rings. The van der Waals surface area contributed by atoms with Crippen molar-refractivity contribution in [3.8, 4) is 0 Å². The molecule has 0 saturated heterocycles. The van der Waals surface area contributed by atoms with Crippen LogP contribution in [0.2, 0.25) is 0 Å². The van der Waals surface area contributed by atoms with Crippen molar-refractivity contribution >= 4 is 16.9 Å². The minimum atomic E-state index is -4.68. The largest absolute Gasteiger partial charge is 0.449 e. The van der Waals surface area contributed by atoms with Gasteiger partial charge in [-0.05, 0) is 36.8 Å². The van der Waals surface area contributed by atoms with Gasteiger partial charge in [0.25, 0.3) is 0 Å². The summed E-state index contributed by atoms with van der Waals surface area (Å²) in [6.07, 6.45) is -4.68. The molecule has 0 bridgehead atoms. The number of nitrogens with one attached hydrogen (secondary N) is 1. The molecule has 8 heteroatoms. The third kappa shape index (κ3) is 3.68. The molecule has 136 valence electrons. The Balaban J connectivity index is 1.84. The van der Waals surface area contributed by atoms with Gasteiger partial charge in [0, 0.05) is 0 Å². The molecule has 0 aliphatic heterocycles. The first-order valence-electron chi connectivity index (χ1n) is 7.83. The molecule has 3 rings (SSSR count). The van der Waals surface area contributed by atoms with E-state index in [0.29, 0.717) is 5.56 Å². The topological polar surface area (TPSA) is 46.9 Å². The predicted molar refractivity (Wildman–Crippen MR) is 87.7 cm³/mol. The van der Waals surface area contributed by atoms with E-state index < -0.39 is 36.3 Å². The Kier molecular flexibility index (Phi) is 4.67. The summed E-state index contributed by atoms with van der Waals surface area (Å²) in [4.78, 5) is 15.9. The molecule has 0 aliphatic rings. The van der Waals surface area contributed by atoms with Crippen molar-refractivity contribution in [2.75, 3.05) is 0 Å². The highest BCUT2D eigenvalue weighted by Gasteiger charge is 2.38. The Morgan fingerprint density at radius 3 is 2.46 bits per heavy atom. The van der Waals surface area contributed by atoms with Crippen LogP contribution in [0.5, 0.6) is 0 Å². The van der Waals surface area contributed by atoms with Crippen molar-refractivity contribution in [1.29, 1.82) is 0 Å². The molecular formula is C18H15F4N3O. The average Bonchev–Trinajstić information content (AvgIpc) is 2.94. The summed E-state index contributed by atoms with van der Waals surface area (Å²) in [6.45, 7) is 1.14. The highest BCUT2D eigenvalue weighted by molar-refractivity contribution is 5.81. The standard InChI is InChI=1S/C18H15F4N3O/c1-11(12-6-8-13(19)9-7-12)23-16(26)10-25-15-5-3-2-4-14(15)24-17(25)18(20,21)22/h2-9,11H,10H2,1H3,(H,23,26)/t11-/m1/s1. The number of rotatable bonds is 4. The monoisotopic (exact) mass is 365 g/mol. The minimum absolute atomic E-state index is 0.166. The Morgan fingerprint density at radius 1 is 1.15 bits per heavy atom. The fourth-order valence-corrected chi connectivity index (χ4v) is 2.72. The molecule has 1 atom stereocenters. The molecular weight excluding hydrogens is 350 g/mol. The number of aromatic nitrogens is 2. The predicted octanol–water partition coefficient (Wildman–Crippen LogP) is 4.07. The van der Waals surface area contributed by atoms with Gasteiger partial charge in [0.15, 0.2) is 0 Å². The van der Waals surface area contributed by atoms with Gasteiger partial charge < -0.3 is 9.88 Å². The minimum Gasteiger partial charge on any atom is -0.348 e. The van der Waals surface area contributed by atoms with Crippen LogP contribution in [0.3, 0.4) is 0 Å². The summed E-state index contributed by atoms with van der Waals surface area (Å²) in [5, 5.41) is 2.62. The van der Waals surface area contributed by atoms with E-state index >= 15 is 0 Å². The lowest BCUT2D eigenvalue weighted by Gasteiger charge is -2.16. The number of amides is 1. The first-order valence-corrected chi connectivity index (χ1v) is 7.83. The van der Waals surface area contributed by atoms with Crippen molar-refractivity contribution < 1.29 is 22.4 Å². The molecule has 1 aromatic heterocycles. The number of carbonyl (C=O) groups excluding carboxylic acids is 1. The first kappa shape index (κ1) is 17.9. The smallest absolute Gasteiger partial charge is 0.348 e. The number of benzene rings is 2. The van der Waals surface area contributed by atoms with Crippen LogP contribution in [-0.2, 0) is 17.5 Å². The van der Waals surface area contributed by atoms with Gasteiger partial charge in [-0.15, -0.1) is 0 Å². The van der Waals surface area contributed by atoms with E-state index in [2.05, 4.69) is 10.3 Å². The summed E-state index contributed by atoms with van der Waals surface area (Å²) in [5.41, 5.74) is 1.04. The van der Waals surface area contributed by atoms with Crippen LogP contribution < -0.4 is 5.32 Å². The summed E-state index contributed by atoms with van der Waals surface area (Å²) >= 11 is 0. The summed E-state index contributed by atoms with van der Waals surface area (Å²) in [5.74, 6) is -2.13. The van der Waals surface area contributed by atoms with E-state index in [4.69, 9.17) is 0 Å². The molecule has 0 spiro atoms. The number of fused-ring (bicyclic) bond motifs is 1. The third-order valence-electron chi connectivity index (χ3n) is 3.96. The van der Waals surface area contributed by atoms with E-state index in [-0.39, 0.29) is 11.0 Å². The van der Waals surface area contributed by atoms with Crippen molar-refractivity contribution in [2.24, 2.45) is 0 Å². The van der Waals surface area contributed by atoms with E-state index in [1.807, 2.05) is 0 Å². The van der Waals surface area contributed by atoms with Crippen LogP contribution in [0.1, 0.15) is 24.4 Å². The second kappa shape index (κ2) is 6.78. The molecule has 0 saturated carbocycles. The number of carbonyl (C=O) groups is 1. The van der Waals surface area contributed by atoms with Crippen molar-refractivity contribution in [1.82, 2.24) is 14.9 Å². The molecule has 0 aliphatic carbocycles. The molecule has 3 aromatic rings. The second-order valence-electron chi connectivity index (χ2n) is 5.85. The maximum Gasteiger partial charge on any atom is 0.449 e. The van der Waals surface area contributed by atoms with Gasteiger partial charge in [-0.1, -0.05) is 24.3 Å². The second-order valence-corrected chi connectivity index (χ2v) is 5.85. The fourth-order valence-electron chi connectivity index (χ4n) is 2.72. The lowest BCUT2D eigenvalue weighted by molar-refractivity contribution is -0.147. The number of hydrogen-bond acceptors (Lipinski definition) is 2. The van der Waals surface area contributed by atoms with Gasteiger partial charge in [-0.25, -0.2) is 9.37 Å². The van der Waals surface area contributed by atoms with Gasteiger partial charge in [-0.2, -0.15) is 13.2 Å². The van der Waals surface area contributed by atoms with E-state index in [1.54, 1.807) is 19.1 Å². The number of halogens is 4. The zero-order valence-corrected chi connectivity index (χ0v) is 13.7. The normalized spacial score (nSPS) is 13.0. The number of imidazole rings is 1. The molecule has 0 radical (unpaired) electrons. The molecule has 2 aromatic carbocycles. The molecule has 1 heterocycles. The number of nitrogens with zero attached hydrogens (tertiary/aromatic N) is 2. The number of alkyl halides is 3. The summed E-state index contributed by atoms with van der Waals surface area (Å²) in [7, 11) is 0. The molecule has 26 heavy (non-hydrogen) atoms. The van der Waals surface area contributed by atoms with Crippen LogP contribution in [0, 0.1) is 5.82 Å². The van der Waals surface area contributed by atoms with Crippen LogP contribution in [0.25, 0.3) is 11.0 Å². The van der Waals surface area contributed by atoms with Crippen molar-refractivity contribution in [3.05, 3.63) is 65.7 Å². The summed E-state index contributed by atoms with van der Waals surface area (Å²) < 4.78 is 53.6. The van der Waals surface area contributed by atoms with Crippen molar-refractivity contribution in [3.63, 3.8) is 0 Å². The van der Waals surface area contributed by atoms with Gasteiger partial charge in [0.2, 0.25) is 11.7 Å². The molecule has 0 unspecified atom stereocenters. The first-order chi connectivity index (χ1) is 12.3. The van der Waals surface area contributed by atoms with Crippen LogP contribution >= 0.6 is 0 Å². The fraction of sp³-hybridized carbons (Fsp3) is 0.222. The Labute approximate surface area is 146 Å². The van der Waals surface area contributed by atoms with E-state index in [0.717, 1.165) is 4.57 Å². The van der Waals surface area contributed by atoms with Gasteiger partial charge in [0.05, 0.1) is 17.1 Å². The SMILES string of the molecule is C[C@@H](NC(=O)Cn1c(C(F)(F)F)nc2ccccc21)c1ccc(F)cc1. The Hall–Kier alpha value is -2.90. The lowest BCUT2D eigenvalue weighted by Crippen LogP contribution is -2.31. The summed E-state index contributed by atoms with van der Waals surface area (Å²) in [6, 6.07) is 11.1. The van der Waals surface area contributed by atoms with Crippen LogP contribution in [0.15, 0.2) is 48.5 Å². The zero-order valence-electron chi connectivity index (χ0n) is 13.7. The maximum absolute atomic E-state index is 13.3. The zero-order chi connectivity index (χ0) is 18.9. The third-order valence-corrected chi connectivity index (χ3v) is 3.96. The highest BCUT2D eigenvalue weighted by Crippen LogP contribution is 2.31. The van der Waals surface area contributed by atoms with Crippen molar-refractivity contribution in [2.45, 2.75) is 25.7 Å². The average molecular weight is 365 g/mol. The maximum atomic E-state index is 13.3. The van der Waals surface area contributed by atoms with Gasteiger partial charge >= 0.3 is 6.18 Å². The molecule has 4 nitrogen and oxygen atoms in total. The lowest BCUT2D eigenvalue weighted by atomic mass is 10.1. The van der Waals surface area contributed by atoms with Gasteiger partial charge in [0.1, 0.15) is 12.4 Å². The molecule has 1 N–H and O–H groups in total. The van der Waals surface area contributed by atoms with Gasteiger partial charge in [-0.3, -0.25) is 4.79 Å².